The van der Waals surface area contributed by atoms with Crippen molar-refractivity contribution in [2.24, 2.45) is 5.41 Å². The van der Waals surface area contributed by atoms with Crippen molar-refractivity contribution in [2.45, 2.75) is 84.5 Å². The lowest BCUT2D eigenvalue weighted by atomic mass is 9.85. The molecule has 3 amide bonds. The van der Waals surface area contributed by atoms with Gasteiger partial charge in [0.2, 0.25) is 17.7 Å². The summed E-state index contributed by atoms with van der Waals surface area (Å²) >= 11 is 3.98. The molecule has 1 aliphatic heterocycles. The fraction of sp³-hybridized carbons (Fsp3) is 0.700. The van der Waals surface area contributed by atoms with Gasteiger partial charge in [0.05, 0.1) is 88.3 Å². The van der Waals surface area contributed by atoms with Crippen molar-refractivity contribution in [2.75, 3.05) is 90.3 Å². The second kappa shape index (κ2) is 27.4. The zero-order chi connectivity index (χ0) is 40.6. The van der Waals surface area contributed by atoms with Crippen LogP contribution in [0.4, 0.5) is 0 Å². The fourth-order valence-electron chi connectivity index (χ4n) is 5.90. The monoisotopic (exact) mass is 918 g/mol. The molecule has 3 unspecified atom stereocenters. The maximum absolute atomic E-state index is 13.8. The summed E-state index contributed by atoms with van der Waals surface area (Å²) in [5.41, 5.74) is 4.06. The summed E-state index contributed by atoms with van der Waals surface area (Å²) in [5.74, 6) is -1.26. The van der Waals surface area contributed by atoms with Gasteiger partial charge in [0.25, 0.3) is 0 Å². The predicted molar refractivity (Wildman–Crippen MR) is 224 cm³/mol. The Kier molecular flexibility index (Phi) is 23.5. The summed E-state index contributed by atoms with van der Waals surface area (Å²) in [6.07, 6.45) is 4.13. The summed E-state index contributed by atoms with van der Waals surface area (Å²) in [6, 6.07) is 6.07. The van der Waals surface area contributed by atoms with Crippen molar-refractivity contribution < 1.29 is 47.9 Å². The number of carbonyl (C=O) groups is 3. The molecule has 2 heterocycles. The second-order valence-corrected chi connectivity index (χ2v) is 16.6. The van der Waals surface area contributed by atoms with Crippen molar-refractivity contribution in [3.05, 3.63) is 41.0 Å². The highest BCUT2D eigenvalue weighted by Gasteiger charge is 2.44. The molecule has 316 valence electrons. The van der Waals surface area contributed by atoms with Crippen LogP contribution in [0.1, 0.15) is 64.1 Å². The number of aliphatic hydroxyl groups excluding tert-OH is 1. The number of hydrogen-bond acceptors (Lipinski definition) is 12. The molecule has 1 saturated heterocycles. The Labute approximate surface area is 350 Å². The van der Waals surface area contributed by atoms with Gasteiger partial charge < -0.3 is 49.1 Å². The van der Waals surface area contributed by atoms with Gasteiger partial charge in [-0.05, 0) is 40.7 Å². The van der Waals surface area contributed by atoms with Crippen molar-refractivity contribution in [1.29, 1.82) is 0 Å². The summed E-state index contributed by atoms with van der Waals surface area (Å²) in [4.78, 5) is 46.8. The fourth-order valence-corrected chi connectivity index (χ4v) is 7.25. The Balaban J connectivity index is 1.25. The summed E-state index contributed by atoms with van der Waals surface area (Å²) in [7, 11) is 0. The lowest BCUT2D eigenvalue weighted by Crippen LogP contribution is -2.58. The number of rotatable bonds is 29. The Hall–Kier alpha value is -2.29. The number of benzene rings is 1. The smallest absolute Gasteiger partial charge is 0.246 e. The second-order valence-electron chi connectivity index (χ2n) is 14.7. The van der Waals surface area contributed by atoms with E-state index in [0.717, 1.165) is 34.7 Å². The van der Waals surface area contributed by atoms with E-state index < -0.39 is 35.4 Å². The highest BCUT2D eigenvalue weighted by molar-refractivity contribution is 14.1. The van der Waals surface area contributed by atoms with E-state index in [1.54, 1.807) is 11.3 Å². The minimum absolute atomic E-state index is 0.00268. The number of halogens is 1. The zero-order valence-electron chi connectivity index (χ0n) is 33.6. The third-order valence-electron chi connectivity index (χ3n) is 8.98. The lowest BCUT2D eigenvalue weighted by Gasteiger charge is -2.35. The average Bonchev–Trinajstić information content (AvgIpc) is 3.79. The van der Waals surface area contributed by atoms with Crippen molar-refractivity contribution in [3.63, 3.8) is 0 Å². The normalized spacial score (nSPS) is 16.3. The molecule has 1 aromatic carbocycles. The van der Waals surface area contributed by atoms with Gasteiger partial charge in [-0.2, -0.15) is 0 Å². The van der Waals surface area contributed by atoms with Gasteiger partial charge >= 0.3 is 0 Å². The van der Waals surface area contributed by atoms with E-state index in [4.69, 9.17) is 28.4 Å². The van der Waals surface area contributed by atoms with E-state index >= 15 is 0 Å². The molecule has 0 spiro atoms. The number of amides is 3. The van der Waals surface area contributed by atoms with Crippen LogP contribution in [0.15, 0.2) is 29.8 Å². The molecular formula is C40H63IN4O10S. The molecule has 1 fully saturated rings. The molecule has 0 radical (unpaired) electrons. The van der Waals surface area contributed by atoms with Crippen LogP contribution < -0.4 is 10.6 Å². The van der Waals surface area contributed by atoms with Crippen LogP contribution in [-0.4, -0.2) is 141 Å². The van der Waals surface area contributed by atoms with Gasteiger partial charge in [-0.3, -0.25) is 14.4 Å². The molecular weight excluding hydrogens is 855 g/mol. The number of alkyl halides is 1. The van der Waals surface area contributed by atoms with E-state index in [0.29, 0.717) is 52.9 Å². The van der Waals surface area contributed by atoms with E-state index in [-0.39, 0.29) is 45.2 Å². The molecule has 14 nitrogen and oxygen atoms in total. The highest BCUT2D eigenvalue weighted by atomic mass is 127. The molecule has 3 rings (SSSR count). The average molecular weight is 919 g/mol. The van der Waals surface area contributed by atoms with Crippen LogP contribution in [0.3, 0.4) is 0 Å². The van der Waals surface area contributed by atoms with Gasteiger partial charge in [0.1, 0.15) is 18.7 Å². The van der Waals surface area contributed by atoms with E-state index in [2.05, 4.69) is 38.2 Å². The molecule has 0 saturated carbocycles. The Morgan fingerprint density at radius 1 is 0.857 bits per heavy atom. The first-order valence-electron chi connectivity index (χ1n) is 19.6. The highest BCUT2D eigenvalue weighted by Crippen LogP contribution is 2.28. The molecule has 3 atom stereocenters. The summed E-state index contributed by atoms with van der Waals surface area (Å²) in [6.45, 7) is 12.6. The molecule has 1 aliphatic rings. The molecule has 16 heteroatoms. The van der Waals surface area contributed by atoms with Crippen molar-refractivity contribution in [1.82, 2.24) is 20.5 Å². The summed E-state index contributed by atoms with van der Waals surface area (Å²) in [5, 5.41) is 16.2. The molecule has 2 aromatic rings. The quantitative estimate of drug-likeness (QED) is 0.0605. The third-order valence-corrected chi connectivity index (χ3v) is 10.7. The van der Waals surface area contributed by atoms with Gasteiger partial charge in [-0.15, -0.1) is 11.3 Å². The number of β-amino-alcohol motifs (C(OH)–C–C–N with tert-alkyl or cyclic N) is 1. The van der Waals surface area contributed by atoms with E-state index in [1.807, 2.05) is 57.5 Å². The number of ether oxygens (including phenoxy) is 6. The number of hydrogen-bond donors (Lipinski definition) is 3. The van der Waals surface area contributed by atoms with Crippen LogP contribution >= 0.6 is 33.9 Å². The molecule has 1 aromatic heterocycles. The van der Waals surface area contributed by atoms with Crippen LogP contribution in [0.5, 0.6) is 0 Å². The third kappa shape index (κ3) is 18.5. The van der Waals surface area contributed by atoms with Crippen LogP contribution in [-0.2, 0) is 49.3 Å². The molecule has 0 aliphatic carbocycles. The SMILES string of the molecule is Cc1ncsc1-c1ccc(CNC(=O)C2CC(O)CN2C(=O)C(NC(=O)COCCOCCOCCOCCOCCOCCCCCCI)C(C)(C)C)cc1. The Bertz CT molecular complexity index is 1410. The maximum Gasteiger partial charge on any atom is 0.246 e. The van der Waals surface area contributed by atoms with Crippen LogP contribution in [0.25, 0.3) is 10.4 Å². The number of aryl methyl sites for hydroxylation is 1. The number of thiazole rings is 1. The van der Waals surface area contributed by atoms with Gasteiger partial charge in [0.15, 0.2) is 0 Å². The number of nitrogens with one attached hydrogen (secondary N) is 2. The minimum atomic E-state index is -0.944. The molecule has 3 N–H and O–H groups in total. The van der Waals surface area contributed by atoms with E-state index in [9.17, 15) is 19.5 Å². The topological polar surface area (TPSA) is 167 Å². The molecule has 56 heavy (non-hydrogen) atoms. The lowest BCUT2D eigenvalue weighted by molar-refractivity contribution is -0.144. The van der Waals surface area contributed by atoms with Crippen molar-refractivity contribution >= 4 is 51.6 Å². The maximum atomic E-state index is 13.8. The number of carbonyl (C=O) groups excluding carboxylic acids is 3. The van der Waals surface area contributed by atoms with Gasteiger partial charge in [-0.1, -0.05) is 80.5 Å². The standard InChI is InChI=1S/C40H63IN4O10S/c1-30-36(56-29-43-30)32-11-9-31(10-12-32)26-42-38(48)34-25-33(46)27-45(34)39(49)37(40(2,3)4)44-35(47)28-55-24-23-54-22-21-53-20-19-52-18-17-51-16-15-50-14-8-6-5-7-13-41/h9-12,29,33-34,37,46H,5-8,13-28H2,1-4H3,(H,42,48)(H,44,47). The minimum Gasteiger partial charge on any atom is -0.391 e. The van der Waals surface area contributed by atoms with Gasteiger partial charge in [0, 0.05) is 26.1 Å². The first kappa shape index (κ1) is 48.1. The first-order chi connectivity index (χ1) is 27.0. The van der Waals surface area contributed by atoms with Crippen LogP contribution in [0, 0.1) is 12.3 Å². The number of aliphatic hydroxyl groups is 1. The van der Waals surface area contributed by atoms with Crippen molar-refractivity contribution in [3.8, 4) is 10.4 Å². The Morgan fingerprint density at radius 3 is 1.95 bits per heavy atom. The summed E-state index contributed by atoms with van der Waals surface area (Å²) < 4.78 is 34.3. The Morgan fingerprint density at radius 2 is 1.41 bits per heavy atom. The van der Waals surface area contributed by atoms with Crippen LogP contribution in [0.2, 0.25) is 0 Å². The number of unbranched alkanes of at least 4 members (excludes halogenated alkanes) is 3. The zero-order valence-corrected chi connectivity index (χ0v) is 36.5. The number of likely N-dealkylation sites (tertiary alicyclic amines) is 1. The molecule has 0 bridgehead atoms. The first-order valence-corrected chi connectivity index (χ1v) is 22.0. The van der Waals surface area contributed by atoms with Gasteiger partial charge in [-0.25, -0.2) is 4.98 Å². The predicted octanol–water partition coefficient (Wildman–Crippen LogP) is 4.32. The largest absolute Gasteiger partial charge is 0.391 e. The number of aromatic nitrogens is 1. The van der Waals surface area contributed by atoms with E-state index in [1.165, 1.54) is 28.6 Å². The number of nitrogens with zero attached hydrogens (tertiary/aromatic N) is 2.